The molecular formula is C17H16FNO6S. The second-order valence-electron chi connectivity index (χ2n) is 5.33. The van der Waals surface area contributed by atoms with Crippen molar-refractivity contribution >= 4 is 21.8 Å². The van der Waals surface area contributed by atoms with Gasteiger partial charge in [-0.25, -0.2) is 22.7 Å². The summed E-state index contributed by atoms with van der Waals surface area (Å²) in [5, 5.41) is 4.96. The summed E-state index contributed by atoms with van der Waals surface area (Å²) < 4.78 is 46.4. The Morgan fingerprint density at radius 1 is 1.12 bits per heavy atom. The Balaban J connectivity index is 2.19. The zero-order valence-electron chi connectivity index (χ0n) is 13.9. The predicted molar refractivity (Wildman–Crippen MR) is 90.0 cm³/mol. The number of esters is 1. The van der Waals surface area contributed by atoms with Gasteiger partial charge in [-0.2, -0.15) is 0 Å². The number of benzene rings is 2. The van der Waals surface area contributed by atoms with E-state index >= 15 is 0 Å². The minimum atomic E-state index is -4.12. The first-order valence-corrected chi connectivity index (χ1v) is 8.89. The number of rotatable bonds is 6. The van der Waals surface area contributed by atoms with Gasteiger partial charge in [-0.3, -0.25) is 4.79 Å². The van der Waals surface area contributed by atoms with Crippen LogP contribution in [0.1, 0.15) is 27.6 Å². The summed E-state index contributed by atoms with van der Waals surface area (Å²) in [5.41, 5.74) is -0.365. The molecule has 7 nitrogen and oxygen atoms in total. The van der Waals surface area contributed by atoms with Crippen LogP contribution in [0.3, 0.4) is 0 Å². The van der Waals surface area contributed by atoms with Crippen LogP contribution in [-0.4, -0.2) is 33.4 Å². The maximum atomic E-state index is 13.8. The normalized spacial score (nSPS) is 12.3. The van der Waals surface area contributed by atoms with E-state index in [4.69, 9.17) is 14.6 Å². The fourth-order valence-electron chi connectivity index (χ4n) is 2.11. The van der Waals surface area contributed by atoms with Crippen LogP contribution >= 0.6 is 0 Å². The number of carbonyl (C=O) groups is 2. The average Bonchev–Trinajstić information content (AvgIpc) is 2.60. The standard InChI is InChI=1S/C17H16FNO6S/c1-10(16(20)11-3-5-12(24-2)6-4-11)25-17(21)14-9-13(26(19,22)23)7-8-15(14)18/h3-10H,1-2H3,(H2,19,22,23)/t10-/m1/s1. The molecule has 0 aliphatic carbocycles. The van der Waals surface area contributed by atoms with Gasteiger partial charge in [0, 0.05) is 5.56 Å². The van der Waals surface area contributed by atoms with E-state index in [1.54, 1.807) is 12.1 Å². The highest BCUT2D eigenvalue weighted by atomic mass is 32.2. The van der Waals surface area contributed by atoms with Gasteiger partial charge < -0.3 is 9.47 Å². The van der Waals surface area contributed by atoms with Crippen LogP contribution in [-0.2, 0) is 14.8 Å². The summed E-state index contributed by atoms with van der Waals surface area (Å²) in [5.74, 6) is -2.13. The number of ketones is 1. The fourth-order valence-corrected chi connectivity index (χ4v) is 2.65. The lowest BCUT2D eigenvalue weighted by Crippen LogP contribution is -2.25. The SMILES string of the molecule is COc1ccc(C(=O)[C@@H](C)OC(=O)c2cc(S(N)(=O)=O)ccc2F)cc1. The number of halogens is 1. The molecule has 0 saturated heterocycles. The summed E-state index contributed by atoms with van der Waals surface area (Å²) in [6.07, 6.45) is -1.21. The number of carbonyl (C=O) groups excluding carboxylic acids is 2. The second-order valence-corrected chi connectivity index (χ2v) is 6.89. The van der Waals surface area contributed by atoms with Gasteiger partial charge in [0.25, 0.3) is 0 Å². The van der Waals surface area contributed by atoms with Crippen LogP contribution in [0.4, 0.5) is 4.39 Å². The third-order valence-corrected chi connectivity index (χ3v) is 4.42. The quantitative estimate of drug-likeness (QED) is 0.604. The van der Waals surface area contributed by atoms with Gasteiger partial charge in [0.2, 0.25) is 15.8 Å². The highest BCUT2D eigenvalue weighted by molar-refractivity contribution is 7.89. The maximum absolute atomic E-state index is 13.8. The van der Waals surface area contributed by atoms with Gasteiger partial charge in [0.05, 0.1) is 17.6 Å². The lowest BCUT2D eigenvalue weighted by atomic mass is 10.1. The van der Waals surface area contributed by atoms with E-state index in [2.05, 4.69) is 0 Å². The third-order valence-electron chi connectivity index (χ3n) is 3.51. The summed E-state index contributed by atoms with van der Waals surface area (Å²) in [6.45, 7) is 1.33. The molecule has 0 aliphatic rings. The molecule has 0 radical (unpaired) electrons. The molecule has 2 aromatic carbocycles. The van der Waals surface area contributed by atoms with E-state index in [9.17, 15) is 22.4 Å². The molecule has 2 rings (SSSR count). The molecular weight excluding hydrogens is 365 g/mol. The van der Waals surface area contributed by atoms with E-state index in [1.165, 1.54) is 26.2 Å². The zero-order chi connectivity index (χ0) is 19.5. The van der Waals surface area contributed by atoms with Gasteiger partial charge in [0.1, 0.15) is 11.6 Å². The molecule has 26 heavy (non-hydrogen) atoms. The molecule has 138 valence electrons. The molecule has 0 amide bonds. The highest BCUT2D eigenvalue weighted by Gasteiger charge is 2.23. The number of hydrogen-bond donors (Lipinski definition) is 1. The highest BCUT2D eigenvalue weighted by Crippen LogP contribution is 2.18. The molecule has 1 atom stereocenters. The maximum Gasteiger partial charge on any atom is 0.341 e. The minimum Gasteiger partial charge on any atom is -0.497 e. The zero-order valence-corrected chi connectivity index (χ0v) is 14.7. The molecule has 0 aromatic heterocycles. The first kappa shape index (κ1) is 19.5. The number of ether oxygens (including phenoxy) is 2. The molecule has 0 heterocycles. The fraction of sp³-hybridized carbons (Fsp3) is 0.176. The van der Waals surface area contributed by atoms with Crippen molar-refractivity contribution < 1.29 is 31.9 Å². The lowest BCUT2D eigenvalue weighted by Gasteiger charge is -2.13. The first-order chi connectivity index (χ1) is 12.1. The molecule has 0 unspecified atom stereocenters. The second kappa shape index (κ2) is 7.63. The van der Waals surface area contributed by atoms with Crippen molar-refractivity contribution in [3.05, 3.63) is 59.4 Å². The Morgan fingerprint density at radius 3 is 2.27 bits per heavy atom. The molecule has 2 N–H and O–H groups in total. The molecule has 0 bridgehead atoms. The summed E-state index contributed by atoms with van der Waals surface area (Å²) in [4.78, 5) is 24.0. The van der Waals surface area contributed by atoms with Crippen molar-refractivity contribution in [1.82, 2.24) is 0 Å². The van der Waals surface area contributed by atoms with Crippen molar-refractivity contribution in [3.8, 4) is 5.75 Å². The molecule has 2 aromatic rings. The van der Waals surface area contributed by atoms with Crippen molar-refractivity contribution in [2.75, 3.05) is 7.11 Å². The van der Waals surface area contributed by atoms with Crippen LogP contribution in [0, 0.1) is 5.82 Å². The van der Waals surface area contributed by atoms with E-state index < -0.39 is 44.2 Å². The van der Waals surface area contributed by atoms with E-state index in [-0.39, 0.29) is 5.56 Å². The number of nitrogens with two attached hydrogens (primary N) is 1. The van der Waals surface area contributed by atoms with Gasteiger partial charge in [-0.1, -0.05) is 0 Å². The topological polar surface area (TPSA) is 113 Å². The summed E-state index contributed by atoms with van der Waals surface area (Å²) in [6, 6.07) is 8.59. The number of sulfonamides is 1. The van der Waals surface area contributed by atoms with Crippen LogP contribution in [0.2, 0.25) is 0 Å². The number of primary sulfonamides is 1. The van der Waals surface area contributed by atoms with Crippen LogP contribution < -0.4 is 9.88 Å². The Bertz CT molecular complexity index is 940. The van der Waals surface area contributed by atoms with E-state index in [1.807, 2.05) is 0 Å². The molecule has 0 spiro atoms. The van der Waals surface area contributed by atoms with E-state index in [0.29, 0.717) is 5.75 Å². The summed E-state index contributed by atoms with van der Waals surface area (Å²) >= 11 is 0. The number of Topliss-reactive ketones (excluding diaryl/α,β-unsaturated/α-hetero) is 1. The summed E-state index contributed by atoms with van der Waals surface area (Å²) in [7, 11) is -2.65. The monoisotopic (exact) mass is 381 g/mol. The van der Waals surface area contributed by atoms with Crippen molar-refractivity contribution in [2.24, 2.45) is 5.14 Å². The predicted octanol–water partition coefficient (Wildman–Crippen LogP) is 1.91. The Morgan fingerprint density at radius 2 is 1.73 bits per heavy atom. The average molecular weight is 381 g/mol. The van der Waals surface area contributed by atoms with Gasteiger partial charge >= 0.3 is 5.97 Å². The molecule has 0 fully saturated rings. The van der Waals surface area contributed by atoms with Crippen molar-refractivity contribution in [2.45, 2.75) is 17.9 Å². The van der Waals surface area contributed by atoms with Crippen LogP contribution in [0.15, 0.2) is 47.4 Å². The van der Waals surface area contributed by atoms with Gasteiger partial charge in [-0.15, -0.1) is 0 Å². The third kappa shape index (κ3) is 4.44. The molecule has 0 aliphatic heterocycles. The lowest BCUT2D eigenvalue weighted by molar-refractivity contribution is 0.0314. The van der Waals surface area contributed by atoms with E-state index in [0.717, 1.165) is 18.2 Å². The molecule has 9 heteroatoms. The van der Waals surface area contributed by atoms with Crippen molar-refractivity contribution in [1.29, 1.82) is 0 Å². The van der Waals surface area contributed by atoms with Gasteiger partial charge in [0.15, 0.2) is 6.10 Å². The Hall–Kier alpha value is -2.78. The smallest absolute Gasteiger partial charge is 0.341 e. The van der Waals surface area contributed by atoms with Crippen LogP contribution in [0.5, 0.6) is 5.75 Å². The largest absolute Gasteiger partial charge is 0.497 e. The number of hydrogen-bond acceptors (Lipinski definition) is 6. The first-order valence-electron chi connectivity index (χ1n) is 7.35. The van der Waals surface area contributed by atoms with Crippen molar-refractivity contribution in [3.63, 3.8) is 0 Å². The Kier molecular flexibility index (Phi) is 5.73. The Labute approximate surface area is 149 Å². The molecule has 0 saturated carbocycles. The van der Waals surface area contributed by atoms with Gasteiger partial charge in [-0.05, 0) is 49.4 Å². The minimum absolute atomic E-state index is 0.268. The number of methoxy groups -OCH3 is 1. The van der Waals surface area contributed by atoms with Crippen LogP contribution in [0.25, 0.3) is 0 Å².